The Bertz CT molecular complexity index is 3680. The normalized spacial score (nSPS) is 17.2. The molecule has 0 fully saturated rings. The second kappa shape index (κ2) is 13.2. The summed E-state index contributed by atoms with van der Waals surface area (Å²) in [4.78, 5) is 2.43. The van der Waals surface area contributed by atoms with E-state index >= 15 is 0 Å². The quantitative estimate of drug-likeness (QED) is 0.172. The molecule has 64 heavy (non-hydrogen) atoms. The van der Waals surface area contributed by atoms with E-state index in [2.05, 4.69) is 235 Å². The van der Waals surface area contributed by atoms with Gasteiger partial charge in [-0.3, -0.25) is 0 Å². The molecule has 1 heterocycles. The molecule has 2 nitrogen and oxygen atoms in total. The Kier molecular flexibility index (Phi) is 7.28. The Labute approximate surface area is 372 Å². The van der Waals surface area contributed by atoms with Gasteiger partial charge in [0.15, 0.2) is 0 Å². The van der Waals surface area contributed by atoms with Crippen molar-refractivity contribution in [3.8, 4) is 33.4 Å². The largest absolute Gasteiger partial charge is 0.456 e. The standard InChI is InChI=1S/C62H39NO/c1-3-16-40(17-4-1)41-30-32-43(33-31-41)63(44-35-37-59-51(38-44)49-22-9-14-29-58(49)64-59)45-34-36-48-46-20-7-11-25-53(46)62(57(48)39-45)55-27-13-12-26-54(55)61(42-18-5-2-6-19-42)52-24-10-8-21-47(52)50-23-15-28-56(62)60(50)61/h1-39H. The Balaban J connectivity index is 1.06. The summed E-state index contributed by atoms with van der Waals surface area (Å²) >= 11 is 0. The minimum atomic E-state index is -0.599. The highest BCUT2D eigenvalue weighted by Crippen LogP contribution is 2.68. The van der Waals surface area contributed by atoms with Crippen LogP contribution in [0.1, 0.15) is 44.5 Å². The van der Waals surface area contributed by atoms with Crippen molar-refractivity contribution >= 4 is 39.0 Å². The molecule has 10 aromatic carbocycles. The molecular formula is C62H39NO. The number of furan rings is 1. The molecule has 0 radical (unpaired) electrons. The van der Waals surface area contributed by atoms with Crippen LogP contribution in [0.15, 0.2) is 241 Å². The molecule has 2 atom stereocenters. The van der Waals surface area contributed by atoms with E-state index in [9.17, 15) is 0 Å². The third-order valence-corrected chi connectivity index (χ3v) is 14.5. The molecule has 3 aliphatic rings. The number of rotatable bonds is 5. The van der Waals surface area contributed by atoms with Gasteiger partial charge in [0.2, 0.25) is 0 Å². The zero-order valence-corrected chi connectivity index (χ0v) is 34.9. The lowest BCUT2D eigenvalue weighted by atomic mass is 9.52. The third-order valence-electron chi connectivity index (χ3n) is 14.5. The van der Waals surface area contributed by atoms with Gasteiger partial charge in [-0.05, 0) is 126 Å². The summed E-state index contributed by atoms with van der Waals surface area (Å²) in [5.74, 6) is 0. The summed E-state index contributed by atoms with van der Waals surface area (Å²) in [7, 11) is 0. The third kappa shape index (κ3) is 4.54. The molecule has 11 aromatic rings. The predicted octanol–water partition coefficient (Wildman–Crippen LogP) is 15.8. The van der Waals surface area contributed by atoms with E-state index < -0.39 is 10.8 Å². The molecule has 2 heteroatoms. The van der Waals surface area contributed by atoms with Gasteiger partial charge >= 0.3 is 0 Å². The predicted molar refractivity (Wildman–Crippen MR) is 262 cm³/mol. The van der Waals surface area contributed by atoms with Gasteiger partial charge in [-0.2, -0.15) is 0 Å². The van der Waals surface area contributed by atoms with Crippen molar-refractivity contribution in [3.63, 3.8) is 0 Å². The summed E-state index contributed by atoms with van der Waals surface area (Å²) < 4.78 is 6.37. The average Bonchev–Trinajstić information content (AvgIpc) is 4.00. The van der Waals surface area contributed by atoms with Crippen LogP contribution in [0.5, 0.6) is 0 Å². The molecule has 0 N–H and O–H groups in total. The van der Waals surface area contributed by atoms with Crippen LogP contribution in [0.25, 0.3) is 55.3 Å². The summed E-state index contributed by atoms with van der Waals surface area (Å²) in [6.07, 6.45) is 0. The highest BCUT2D eigenvalue weighted by atomic mass is 16.3. The minimum absolute atomic E-state index is 0.490. The molecular weight excluding hydrogens is 775 g/mol. The van der Waals surface area contributed by atoms with Gasteiger partial charge in [-0.1, -0.05) is 188 Å². The molecule has 2 unspecified atom stereocenters. The fraction of sp³-hybridized carbons (Fsp3) is 0.0323. The van der Waals surface area contributed by atoms with E-state index in [4.69, 9.17) is 4.42 Å². The summed E-state index contributed by atoms with van der Waals surface area (Å²) in [5.41, 5.74) is 22.1. The number of hydrogen-bond acceptors (Lipinski definition) is 2. The number of nitrogens with zero attached hydrogens (tertiary/aromatic N) is 1. The maximum Gasteiger partial charge on any atom is 0.135 e. The van der Waals surface area contributed by atoms with Crippen molar-refractivity contribution in [3.05, 3.63) is 281 Å². The van der Waals surface area contributed by atoms with E-state index in [-0.39, 0.29) is 0 Å². The van der Waals surface area contributed by atoms with Crippen molar-refractivity contribution in [1.29, 1.82) is 0 Å². The van der Waals surface area contributed by atoms with E-state index in [1.54, 1.807) is 0 Å². The van der Waals surface area contributed by atoms with Crippen molar-refractivity contribution in [2.45, 2.75) is 10.8 Å². The van der Waals surface area contributed by atoms with Crippen LogP contribution in [-0.4, -0.2) is 0 Å². The lowest BCUT2D eigenvalue weighted by Gasteiger charge is -2.48. The molecule has 3 aliphatic carbocycles. The van der Waals surface area contributed by atoms with Crippen LogP contribution in [0.2, 0.25) is 0 Å². The number of hydrogen-bond donors (Lipinski definition) is 0. The average molecular weight is 814 g/mol. The van der Waals surface area contributed by atoms with Crippen LogP contribution >= 0.6 is 0 Å². The summed E-state index contributed by atoms with van der Waals surface area (Å²) in [6, 6.07) is 87.8. The molecule has 1 aromatic heterocycles. The first-order chi connectivity index (χ1) is 31.7. The van der Waals surface area contributed by atoms with Gasteiger partial charge in [0.1, 0.15) is 11.2 Å². The first kappa shape index (κ1) is 35.4. The monoisotopic (exact) mass is 813 g/mol. The van der Waals surface area contributed by atoms with Crippen molar-refractivity contribution in [2.24, 2.45) is 0 Å². The van der Waals surface area contributed by atoms with Crippen LogP contribution in [0.4, 0.5) is 17.1 Å². The van der Waals surface area contributed by atoms with E-state index in [0.29, 0.717) is 0 Å². The first-order valence-electron chi connectivity index (χ1n) is 22.3. The van der Waals surface area contributed by atoms with Gasteiger partial charge in [0, 0.05) is 27.8 Å². The Hall–Kier alpha value is -8.20. The SMILES string of the molecule is c1ccc(-c2ccc(N(c3ccc4c(c3)C3(c5ccccc5-4)c4ccccc4C4(c5ccccc5)c5ccccc5-c5cccc3c54)c3ccc4oc5ccccc5c4c3)cc2)cc1. The molecule has 0 saturated carbocycles. The van der Waals surface area contributed by atoms with E-state index in [1.165, 1.54) is 77.9 Å². The maximum atomic E-state index is 6.37. The highest BCUT2D eigenvalue weighted by Gasteiger charge is 2.59. The Morgan fingerprint density at radius 3 is 1.59 bits per heavy atom. The van der Waals surface area contributed by atoms with Gasteiger partial charge in [-0.25, -0.2) is 0 Å². The second-order valence-electron chi connectivity index (χ2n) is 17.5. The van der Waals surface area contributed by atoms with Crippen molar-refractivity contribution in [1.82, 2.24) is 0 Å². The zero-order chi connectivity index (χ0) is 42.0. The fourth-order valence-electron chi connectivity index (χ4n) is 12.1. The Morgan fingerprint density at radius 1 is 0.297 bits per heavy atom. The molecule has 0 bridgehead atoms. The van der Waals surface area contributed by atoms with E-state index in [1.807, 2.05) is 6.07 Å². The van der Waals surface area contributed by atoms with Crippen molar-refractivity contribution < 1.29 is 4.42 Å². The maximum absolute atomic E-state index is 6.37. The lowest BCUT2D eigenvalue weighted by Crippen LogP contribution is -2.43. The number of para-hydroxylation sites is 1. The minimum Gasteiger partial charge on any atom is -0.456 e. The van der Waals surface area contributed by atoms with Crippen molar-refractivity contribution in [2.75, 3.05) is 4.90 Å². The molecule has 1 spiro atoms. The van der Waals surface area contributed by atoms with E-state index in [0.717, 1.165) is 39.0 Å². The molecule has 14 rings (SSSR count). The first-order valence-corrected chi connectivity index (χ1v) is 22.3. The highest BCUT2D eigenvalue weighted by molar-refractivity contribution is 6.07. The smallest absolute Gasteiger partial charge is 0.135 e. The molecule has 0 aliphatic heterocycles. The number of benzene rings is 10. The number of anilines is 3. The van der Waals surface area contributed by atoms with Crippen LogP contribution in [0, 0.1) is 0 Å². The molecule has 0 amide bonds. The van der Waals surface area contributed by atoms with Gasteiger partial charge in [-0.15, -0.1) is 0 Å². The topological polar surface area (TPSA) is 16.4 Å². The molecule has 0 saturated heterocycles. The molecule has 298 valence electrons. The van der Waals surface area contributed by atoms with Gasteiger partial charge in [0.25, 0.3) is 0 Å². The van der Waals surface area contributed by atoms with Gasteiger partial charge < -0.3 is 9.32 Å². The van der Waals surface area contributed by atoms with Crippen LogP contribution in [-0.2, 0) is 10.8 Å². The lowest BCUT2D eigenvalue weighted by molar-refractivity contribution is 0.636. The summed E-state index contributed by atoms with van der Waals surface area (Å²) in [5, 5.41) is 2.21. The van der Waals surface area contributed by atoms with Crippen LogP contribution < -0.4 is 4.90 Å². The second-order valence-corrected chi connectivity index (χ2v) is 17.5. The van der Waals surface area contributed by atoms with Gasteiger partial charge in [0.05, 0.1) is 10.8 Å². The Morgan fingerprint density at radius 2 is 0.812 bits per heavy atom. The van der Waals surface area contributed by atoms with Crippen LogP contribution in [0.3, 0.4) is 0 Å². The summed E-state index contributed by atoms with van der Waals surface area (Å²) in [6.45, 7) is 0. The fourth-order valence-corrected chi connectivity index (χ4v) is 12.1. The number of fused-ring (bicyclic) bond motifs is 15. The zero-order valence-electron chi connectivity index (χ0n) is 34.9.